The highest BCUT2D eigenvalue weighted by Crippen LogP contribution is 2.39. The number of aromatic nitrogens is 3. The Balaban J connectivity index is 2.12. The lowest BCUT2D eigenvalue weighted by Crippen LogP contribution is -2.03. The largest absolute Gasteiger partial charge is 0.475 e. The molecule has 98 valence electrons. The minimum absolute atomic E-state index is 0.0355. The smallest absolute Gasteiger partial charge is 0.375 e. The average molecular weight is 282 g/mol. The number of nitrogens with zero attached hydrogens (tertiary/aromatic N) is 3. The van der Waals surface area contributed by atoms with Gasteiger partial charge in [0.1, 0.15) is 11.6 Å². The molecule has 0 atom stereocenters. The first-order valence-corrected chi connectivity index (χ1v) is 6.09. The van der Waals surface area contributed by atoms with Gasteiger partial charge in [0.05, 0.1) is 10.7 Å². The highest BCUT2D eigenvalue weighted by atomic mass is 35.5. The van der Waals surface area contributed by atoms with Crippen LogP contribution in [0.2, 0.25) is 5.02 Å². The first-order valence-electron chi connectivity index (χ1n) is 5.72. The SMILES string of the molecule is O=C(O)c1nc(C2CC2)n(-c2ccc(F)c(Cl)c2)n1. The van der Waals surface area contributed by atoms with Crippen LogP contribution in [-0.2, 0) is 0 Å². The van der Waals surface area contributed by atoms with Gasteiger partial charge in [-0.05, 0) is 31.0 Å². The molecule has 1 fully saturated rings. The lowest BCUT2D eigenvalue weighted by molar-refractivity contribution is 0.0683. The second-order valence-corrected chi connectivity index (χ2v) is 4.79. The molecule has 0 radical (unpaired) electrons. The van der Waals surface area contributed by atoms with Crippen molar-refractivity contribution < 1.29 is 14.3 Å². The van der Waals surface area contributed by atoms with Gasteiger partial charge in [0.2, 0.25) is 0 Å². The van der Waals surface area contributed by atoms with E-state index in [0.29, 0.717) is 11.5 Å². The van der Waals surface area contributed by atoms with Gasteiger partial charge in [-0.15, -0.1) is 5.10 Å². The summed E-state index contributed by atoms with van der Waals surface area (Å²) in [6.07, 6.45) is 1.90. The van der Waals surface area contributed by atoms with E-state index < -0.39 is 11.8 Å². The molecule has 0 unspecified atom stereocenters. The molecule has 1 aliphatic rings. The Bertz CT molecular complexity index is 667. The molecule has 1 aliphatic carbocycles. The van der Waals surface area contributed by atoms with Crippen molar-refractivity contribution in [3.63, 3.8) is 0 Å². The van der Waals surface area contributed by atoms with E-state index >= 15 is 0 Å². The van der Waals surface area contributed by atoms with Crippen LogP contribution < -0.4 is 0 Å². The lowest BCUT2D eigenvalue weighted by atomic mass is 10.3. The Morgan fingerprint density at radius 1 is 1.47 bits per heavy atom. The summed E-state index contributed by atoms with van der Waals surface area (Å²) in [6.45, 7) is 0. The number of carboxylic acids is 1. The summed E-state index contributed by atoms with van der Waals surface area (Å²) >= 11 is 5.73. The predicted molar refractivity (Wildman–Crippen MR) is 65.3 cm³/mol. The molecular formula is C12H9ClFN3O2. The Kier molecular flexibility index (Phi) is 2.74. The Labute approximate surface area is 112 Å². The number of hydrogen-bond acceptors (Lipinski definition) is 3. The molecule has 1 aromatic carbocycles. The van der Waals surface area contributed by atoms with Crippen molar-refractivity contribution in [1.29, 1.82) is 0 Å². The van der Waals surface area contributed by atoms with Gasteiger partial charge in [0, 0.05) is 5.92 Å². The van der Waals surface area contributed by atoms with Crippen molar-refractivity contribution in [2.24, 2.45) is 0 Å². The standard InChI is InChI=1S/C12H9ClFN3O2/c13-8-5-7(3-4-9(8)14)17-11(6-1-2-6)15-10(16-17)12(18)19/h3-6H,1-2H2,(H,18,19). The van der Waals surface area contributed by atoms with Crippen molar-refractivity contribution in [3.8, 4) is 5.69 Å². The van der Waals surface area contributed by atoms with E-state index in [1.807, 2.05) is 0 Å². The fourth-order valence-corrected chi connectivity index (χ4v) is 2.00. The number of benzene rings is 1. The first-order chi connectivity index (χ1) is 9.06. The summed E-state index contributed by atoms with van der Waals surface area (Å²) in [6, 6.07) is 4.12. The van der Waals surface area contributed by atoms with Gasteiger partial charge in [-0.25, -0.2) is 18.9 Å². The molecule has 0 amide bonds. The summed E-state index contributed by atoms with van der Waals surface area (Å²) in [4.78, 5) is 15.0. The maximum atomic E-state index is 13.1. The fraction of sp³-hybridized carbons (Fsp3) is 0.250. The molecule has 3 rings (SSSR count). The molecule has 7 heteroatoms. The van der Waals surface area contributed by atoms with E-state index in [-0.39, 0.29) is 16.8 Å². The fourth-order valence-electron chi connectivity index (χ4n) is 1.83. The van der Waals surface area contributed by atoms with Gasteiger partial charge in [0.25, 0.3) is 5.82 Å². The van der Waals surface area contributed by atoms with Crippen LogP contribution in [0, 0.1) is 5.82 Å². The molecule has 1 aromatic heterocycles. The van der Waals surface area contributed by atoms with Gasteiger partial charge in [-0.3, -0.25) is 0 Å². The zero-order valence-corrected chi connectivity index (χ0v) is 10.4. The molecule has 5 nitrogen and oxygen atoms in total. The van der Waals surface area contributed by atoms with Crippen LogP contribution in [0.15, 0.2) is 18.2 Å². The van der Waals surface area contributed by atoms with Gasteiger partial charge in [-0.1, -0.05) is 11.6 Å². The molecule has 0 aliphatic heterocycles. The normalized spacial score (nSPS) is 14.6. The molecule has 2 aromatic rings. The van der Waals surface area contributed by atoms with Gasteiger partial charge < -0.3 is 5.11 Å². The van der Waals surface area contributed by atoms with E-state index in [9.17, 15) is 9.18 Å². The van der Waals surface area contributed by atoms with Crippen molar-refractivity contribution in [3.05, 3.63) is 40.7 Å². The number of carboxylic acid groups (broad SMARTS) is 1. The van der Waals surface area contributed by atoms with Gasteiger partial charge in [-0.2, -0.15) is 0 Å². The topological polar surface area (TPSA) is 68.0 Å². The van der Waals surface area contributed by atoms with Crippen LogP contribution in [0.5, 0.6) is 0 Å². The van der Waals surface area contributed by atoms with E-state index in [4.69, 9.17) is 16.7 Å². The lowest BCUT2D eigenvalue weighted by Gasteiger charge is -2.05. The molecule has 19 heavy (non-hydrogen) atoms. The molecule has 1 heterocycles. The monoisotopic (exact) mass is 281 g/mol. The third kappa shape index (κ3) is 2.19. The van der Waals surface area contributed by atoms with Crippen LogP contribution in [0.25, 0.3) is 5.69 Å². The van der Waals surface area contributed by atoms with Crippen molar-refractivity contribution in [2.45, 2.75) is 18.8 Å². The van der Waals surface area contributed by atoms with E-state index in [0.717, 1.165) is 12.8 Å². The van der Waals surface area contributed by atoms with Crippen LogP contribution >= 0.6 is 11.6 Å². The van der Waals surface area contributed by atoms with Crippen LogP contribution in [0.1, 0.15) is 35.2 Å². The van der Waals surface area contributed by atoms with Crippen molar-refractivity contribution in [2.75, 3.05) is 0 Å². The quantitative estimate of drug-likeness (QED) is 0.939. The maximum absolute atomic E-state index is 13.1. The van der Waals surface area contributed by atoms with Gasteiger partial charge >= 0.3 is 5.97 Å². The summed E-state index contributed by atoms with van der Waals surface area (Å²) in [7, 11) is 0. The summed E-state index contributed by atoms with van der Waals surface area (Å²) < 4.78 is 14.6. The number of hydrogen-bond donors (Lipinski definition) is 1. The third-order valence-electron chi connectivity index (χ3n) is 2.91. The zero-order chi connectivity index (χ0) is 13.6. The Morgan fingerprint density at radius 2 is 2.21 bits per heavy atom. The molecule has 1 N–H and O–H groups in total. The maximum Gasteiger partial charge on any atom is 0.375 e. The van der Waals surface area contributed by atoms with Crippen molar-refractivity contribution in [1.82, 2.24) is 14.8 Å². The number of aromatic carboxylic acids is 1. The van der Waals surface area contributed by atoms with E-state index in [2.05, 4.69) is 10.1 Å². The average Bonchev–Trinajstić information content (AvgIpc) is 3.11. The molecule has 0 saturated heterocycles. The zero-order valence-electron chi connectivity index (χ0n) is 9.68. The van der Waals surface area contributed by atoms with Gasteiger partial charge in [0.15, 0.2) is 0 Å². The Hall–Kier alpha value is -1.95. The molecule has 0 spiro atoms. The summed E-state index contributed by atoms with van der Waals surface area (Å²) in [5.41, 5.74) is 0.508. The van der Waals surface area contributed by atoms with Crippen LogP contribution in [0.3, 0.4) is 0 Å². The highest BCUT2D eigenvalue weighted by molar-refractivity contribution is 6.30. The Morgan fingerprint density at radius 3 is 2.79 bits per heavy atom. The highest BCUT2D eigenvalue weighted by Gasteiger charge is 2.31. The van der Waals surface area contributed by atoms with Crippen LogP contribution in [-0.4, -0.2) is 25.8 Å². The second kappa shape index (κ2) is 4.31. The third-order valence-corrected chi connectivity index (χ3v) is 3.20. The first kappa shape index (κ1) is 12.1. The summed E-state index contributed by atoms with van der Waals surface area (Å²) in [5.74, 6) is -1.18. The summed E-state index contributed by atoms with van der Waals surface area (Å²) in [5, 5.41) is 12.8. The number of halogens is 2. The van der Waals surface area contributed by atoms with Crippen molar-refractivity contribution >= 4 is 17.6 Å². The van der Waals surface area contributed by atoms with E-state index in [1.54, 1.807) is 0 Å². The molecular weight excluding hydrogens is 273 g/mol. The number of rotatable bonds is 3. The van der Waals surface area contributed by atoms with Crippen LogP contribution in [0.4, 0.5) is 4.39 Å². The molecule has 1 saturated carbocycles. The minimum atomic E-state index is -1.19. The second-order valence-electron chi connectivity index (χ2n) is 4.38. The minimum Gasteiger partial charge on any atom is -0.475 e. The number of carbonyl (C=O) groups is 1. The predicted octanol–water partition coefficient (Wildman–Crippen LogP) is 2.64. The molecule has 0 bridgehead atoms. The van der Waals surface area contributed by atoms with E-state index in [1.165, 1.54) is 22.9 Å².